The van der Waals surface area contributed by atoms with Gasteiger partial charge in [0.25, 0.3) is 11.8 Å². The molecule has 9 nitrogen and oxygen atoms in total. The van der Waals surface area contributed by atoms with Gasteiger partial charge >= 0.3 is 11.6 Å². The largest absolute Gasteiger partial charge is 0.497 e. The number of imide groups is 1. The number of carbonyl (C=O) groups excluding carboxylic acids is 3. The molecule has 0 atom stereocenters. The van der Waals surface area contributed by atoms with Gasteiger partial charge in [0, 0.05) is 23.1 Å². The molecule has 2 amide bonds. The Kier molecular flexibility index (Phi) is 6.19. The zero-order chi connectivity index (χ0) is 26.1. The van der Waals surface area contributed by atoms with Crippen LogP contribution in [0, 0.1) is 0 Å². The van der Waals surface area contributed by atoms with Crippen LogP contribution in [0.15, 0.2) is 75.9 Å². The number of amides is 2. The van der Waals surface area contributed by atoms with Crippen molar-refractivity contribution in [3.05, 3.63) is 99.4 Å². The van der Waals surface area contributed by atoms with Crippen LogP contribution in [0.5, 0.6) is 11.5 Å². The summed E-state index contributed by atoms with van der Waals surface area (Å²) in [5.41, 5.74) is 0.947. The third-order valence-electron chi connectivity index (χ3n) is 5.92. The Morgan fingerprint density at radius 2 is 1.59 bits per heavy atom. The average molecular weight is 499 g/mol. The van der Waals surface area contributed by atoms with Crippen molar-refractivity contribution in [1.29, 1.82) is 0 Å². The van der Waals surface area contributed by atoms with E-state index in [4.69, 9.17) is 18.6 Å². The number of methoxy groups -OCH3 is 1. The molecule has 0 fully saturated rings. The molecule has 0 unspecified atom stereocenters. The molecule has 5 rings (SSSR count). The number of ether oxygens (including phenoxy) is 3. The number of esters is 1. The van der Waals surface area contributed by atoms with Crippen LogP contribution in [0.1, 0.15) is 43.6 Å². The van der Waals surface area contributed by atoms with Crippen LogP contribution in [0.25, 0.3) is 11.0 Å². The zero-order valence-electron chi connectivity index (χ0n) is 20.0. The maximum Gasteiger partial charge on any atom is 0.338 e. The van der Waals surface area contributed by atoms with E-state index in [9.17, 15) is 19.2 Å². The lowest BCUT2D eigenvalue weighted by Gasteiger charge is -2.14. The Balaban J connectivity index is 1.36. The minimum Gasteiger partial charge on any atom is -0.497 e. The Morgan fingerprint density at radius 1 is 0.865 bits per heavy atom. The minimum absolute atomic E-state index is 0.0994. The highest BCUT2D eigenvalue weighted by atomic mass is 16.5. The Labute approximate surface area is 210 Å². The summed E-state index contributed by atoms with van der Waals surface area (Å²) in [5.74, 6) is -0.601. The second-order valence-electron chi connectivity index (χ2n) is 8.16. The highest BCUT2D eigenvalue weighted by molar-refractivity contribution is 6.34. The smallest absolute Gasteiger partial charge is 0.338 e. The molecular weight excluding hydrogens is 478 g/mol. The van der Waals surface area contributed by atoms with E-state index >= 15 is 0 Å². The summed E-state index contributed by atoms with van der Waals surface area (Å²) in [5, 5.41) is 0.592. The van der Waals surface area contributed by atoms with Crippen molar-refractivity contribution in [3.63, 3.8) is 0 Å². The van der Waals surface area contributed by atoms with E-state index in [1.165, 1.54) is 31.4 Å². The second-order valence-corrected chi connectivity index (χ2v) is 8.16. The van der Waals surface area contributed by atoms with Gasteiger partial charge in [0.1, 0.15) is 23.7 Å². The van der Waals surface area contributed by atoms with Crippen LogP contribution in [-0.2, 0) is 11.3 Å². The van der Waals surface area contributed by atoms with E-state index in [2.05, 4.69) is 0 Å². The summed E-state index contributed by atoms with van der Waals surface area (Å²) in [7, 11) is 1.50. The van der Waals surface area contributed by atoms with Crippen LogP contribution in [0.2, 0.25) is 0 Å². The maximum absolute atomic E-state index is 13.1. The van der Waals surface area contributed by atoms with Gasteiger partial charge in [-0.2, -0.15) is 0 Å². The van der Waals surface area contributed by atoms with E-state index in [0.29, 0.717) is 40.3 Å². The van der Waals surface area contributed by atoms with Crippen LogP contribution in [-0.4, -0.2) is 31.5 Å². The first kappa shape index (κ1) is 23.8. The molecule has 9 heteroatoms. The monoisotopic (exact) mass is 499 g/mol. The highest BCUT2D eigenvalue weighted by Crippen LogP contribution is 2.30. The molecule has 0 spiro atoms. The number of benzene rings is 3. The van der Waals surface area contributed by atoms with E-state index in [1.54, 1.807) is 42.5 Å². The molecule has 0 bridgehead atoms. The number of anilines is 1. The quantitative estimate of drug-likeness (QED) is 0.209. The number of hydrogen-bond acceptors (Lipinski definition) is 8. The molecule has 0 saturated carbocycles. The molecular formula is C28H21NO8. The summed E-state index contributed by atoms with van der Waals surface area (Å²) in [6.07, 6.45) is 0. The normalized spacial score (nSPS) is 12.5. The summed E-state index contributed by atoms with van der Waals surface area (Å²) >= 11 is 0. The molecule has 1 aliphatic rings. The molecule has 1 aliphatic heterocycles. The third-order valence-corrected chi connectivity index (χ3v) is 5.92. The molecule has 3 aromatic carbocycles. The first-order chi connectivity index (χ1) is 17.9. The molecule has 4 aromatic rings. The molecule has 1 aromatic heterocycles. The number of nitrogens with zero attached hydrogens (tertiary/aromatic N) is 1. The van der Waals surface area contributed by atoms with Crippen LogP contribution in [0.4, 0.5) is 5.69 Å². The number of fused-ring (bicyclic) bond motifs is 2. The summed E-state index contributed by atoms with van der Waals surface area (Å²) < 4.78 is 21.2. The van der Waals surface area contributed by atoms with E-state index < -0.39 is 23.4 Å². The van der Waals surface area contributed by atoms with E-state index in [1.807, 2.05) is 6.92 Å². The molecule has 0 aliphatic carbocycles. The highest BCUT2D eigenvalue weighted by Gasteiger charge is 2.37. The minimum atomic E-state index is -0.711. The van der Waals surface area contributed by atoms with Gasteiger partial charge in [0.15, 0.2) is 0 Å². The maximum atomic E-state index is 13.1. The molecule has 186 valence electrons. The molecule has 37 heavy (non-hydrogen) atoms. The Bertz CT molecular complexity index is 1600. The van der Waals surface area contributed by atoms with Gasteiger partial charge in [-0.3, -0.25) is 9.59 Å². The summed E-state index contributed by atoms with van der Waals surface area (Å²) in [6.45, 7) is 2.15. The van der Waals surface area contributed by atoms with Gasteiger partial charge in [-0.25, -0.2) is 14.5 Å². The van der Waals surface area contributed by atoms with Crippen molar-refractivity contribution in [1.82, 2.24) is 0 Å². The van der Waals surface area contributed by atoms with Gasteiger partial charge in [-0.05, 0) is 61.5 Å². The van der Waals surface area contributed by atoms with Crippen LogP contribution >= 0.6 is 0 Å². The second kappa shape index (κ2) is 9.62. The number of carbonyl (C=O) groups is 3. The molecule has 0 radical (unpaired) electrons. The first-order valence-corrected chi connectivity index (χ1v) is 11.4. The van der Waals surface area contributed by atoms with Gasteiger partial charge in [-0.15, -0.1) is 0 Å². The van der Waals surface area contributed by atoms with E-state index in [0.717, 1.165) is 4.90 Å². The average Bonchev–Trinajstić information content (AvgIpc) is 3.16. The molecule has 0 N–H and O–H groups in total. The molecule has 2 heterocycles. The van der Waals surface area contributed by atoms with E-state index in [-0.39, 0.29) is 23.3 Å². The van der Waals surface area contributed by atoms with Gasteiger partial charge < -0.3 is 18.6 Å². The lowest BCUT2D eigenvalue weighted by molar-refractivity contribution is 0.0473. The topological polar surface area (TPSA) is 112 Å². The van der Waals surface area contributed by atoms with Gasteiger partial charge in [-0.1, -0.05) is 0 Å². The SMILES string of the molecule is CCOc1ccc(N2C(=O)c3ccc(C(=O)OCc4cc(=O)oc5cc(OC)ccc45)cc3C2=O)cc1. The predicted molar refractivity (Wildman–Crippen MR) is 133 cm³/mol. The standard InChI is InChI=1S/C28H21NO8/c1-3-35-19-7-5-18(6-8-19)29-26(31)22-10-4-16(12-23(22)27(29)32)28(33)36-15-17-13-25(30)37-24-14-20(34-2)9-11-21(17)24/h4-14H,3,15H2,1-2H3. The van der Waals surface area contributed by atoms with Crippen molar-refractivity contribution in [2.24, 2.45) is 0 Å². The summed E-state index contributed by atoms with van der Waals surface area (Å²) in [6, 6.07) is 17.0. The third kappa shape index (κ3) is 4.42. The first-order valence-electron chi connectivity index (χ1n) is 11.4. The van der Waals surface area contributed by atoms with Crippen molar-refractivity contribution in [2.45, 2.75) is 13.5 Å². The fourth-order valence-electron chi connectivity index (χ4n) is 4.14. The Hall–Kier alpha value is -4.92. The number of rotatable bonds is 7. The van der Waals surface area contributed by atoms with Crippen molar-refractivity contribution < 1.29 is 33.0 Å². The zero-order valence-corrected chi connectivity index (χ0v) is 20.0. The van der Waals surface area contributed by atoms with Crippen molar-refractivity contribution >= 4 is 34.4 Å². The Morgan fingerprint density at radius 3 is 2.32 bits per heavy atom. The van der Waals surface area contributed by atoms with Gasteiger partial charge in [0.05, 0.1) is 36.1 Å². The summed E-state index contributed by atoms with van der Waals surface area (Å²) in [4.78, 5) is 51.8. The van der Waals surface area contributed by atoms with Crippen molar-refractivity contribution in [2.75, 3.05) is 18.6 Å². The number of hydrogen-bond donors (Lipinski definition) is 0. The van der Waals surface area contributed by atoms with Crippen LogP contribution in [0.3, 0.4) is 0 Å². The van der Waals surface area contributed by atoms with Gasteiger partial charge in [0.2, 0.25) is 0 Å². The predicted octanol–water partition coefficient (Wildman–Crippen LogP) is 4.36. The lowest BCUT2D eigenvalue weighted by Crippen LogP contribution is -2.29. The van der Waals surface area contributed by atoms with Crippen molar-refractivity contribution in [3.8, 4) is 11.5 Å². The van der Waals surface area contributed by atoms with Crippen LogP contribution < -0.4 is 20.0 Å². The fourth-order valence-corrected chi connectivity index (χ4v) is 4.14. The molecule has 0 saturated heterocycles. The fraction of sp³-hybridized carbons (Fsp3) is 0.143. The lowest BCUT2D eigenvalue weighted by atomic mass is 10.1.